The van der Waals surface area contributed by atoms with Crippen LogP contribution < -0.4 is 0 Å². The highest BCUT2D eigenvalue weighted by atomic mass is 32.2. The van der Waals surface area contributed by atoms with E-state index in [2.05, 4.69) is 9.97 Å². The molecule has 7 nitrogen and oxygen atoms in total. The fourth-order valence-corrected chi connectivity index (χ4v) is 5.37. The molecule has 0 aliphatic heterocycles. The van der Waals surface area contributed by atoms with Gasteiger partial charge >= 0.3 is 5.97 Å². The first-order valence-corrected chi connectivity index (χ1v) is 11.5. The molecule has 0 atom stereocenters. The summed E-state index contributed by atoms with van der Waals surface area (Å²) in [6, 6.07) is 19.0. The van der Waals surface area contributed by atoms with Gasteiger partial charge in [0.15, 0.2) is 0 Å². The minimum Gasteiger partial charge on any atom is -0.461 e. The van der Waals surface area contributed by atoms with Gasteiger partial charge in [-0.2, -0.15) is 0 Å². The summed E-state index contributed by atoms with van der Waals surface area (Å²) in [6.07, 6.45) is 1.54. The number of hydrogen-bond donors (Lipinski definition) is 1. The van der Waals surface area contributed by atoms with E-state index in [4.69, 9.17) is 9.15 Å². The third-order valence-electron chi connectivity index (χ3n) is 5.14. The number of aromatic amines is 1. The van der Waals surface area contributed by atoms with Crippen LogP contribution in [0.1, 0.15) is 17.4 Å². The summed E-state index contributed by atoms with van der Waals surface area (Å²) in [7, 11) is -4.09. The number of rotatable bonds is 5. The Balaban J connectivity index is 1.86. The Morgan fingerprint density at radius 2 is 1.81 bits per heavy atom. The molecule has 160 valence electrons. The van der Waals surface area contributed by atoms with E-state index in [0.717, 1.165) is 5.39 Å². The normalized spacial score (nSPS) is 11.8. The molecule has 0 saturated heterocycles. The number of hydrogen-bond acceptors (Lipinski definition) is 6. The molecule has 8 heteroatoms. The van der Waals surface area contributed by atoms with Crippen molar-refractivity contribution in [2.45, 2.75) is 16.7 Å². The highest BCUT2D eigenvalue weighted by molar-refractivity contribution is 7.91. The second-order valence-corrected chi connectivity index (χ2v) is 8.98. The van der Waals surface area contributed by atoms with E-state index in [-0.39, 0.29) is 33.1 Å². The maximum Gasteiger partial charge on any atom is 0.356 e. The summed E-state index contributed by atoms with van der Waals surface area (Å²) >= 11 is 0. The van der Waals surface area contributed by atoms with Crippen molar-refractivity contribution >= 4 is 37.8 Å². The Labute approximate surface area is 183 Å². The van der Waals surface area contributed by atoms with Crippen LogP contribution in [0.15, 0.2) is 87.1 Å². The average Bonchev–Trinajstić information content (AvgIpc) is 3.42. The van der Waals surface area contributed by atoms with Gasteiger partial charge in [-0.3, -0.25) is 0 Å². The number of sulfone groups is 1. The Morgan fingerprint density at radius 1 is 1.06 bits per heavy atom. The van der Waals surface area contributed by atoms with E-state index < -0.39 is 15.8 Å². The van der Waals surface area contributed by atoms with Crippen LogP contribution >= 0.6 is 0 Å². The molecular weight excluding hydrogens is 428 g/mol. The molecule has 0 bridgehead atoms. The molecule has 0 fully saturated rings. The number of esters is 1. The van der Waals surface area contributed by atoms with Crippen molar-refractivity contribution in [2.24, 2.45) is 0 Å². The largest absolute Gasteiger partial charge is 0.461 e. The predicted molar refractivity (Wildman–Crippen MR) is 119 cm³/mol. The Bertz CT molecular complexity index is 1530. The summed E-state index contributed by atoms with van der Waals surface area (Å²) < 4.78 is 38.6. The van der Waals surface area contributed by atoms with Gasteiger partial charge in [0, 0.05) is 22.5 Å². The molecule has 0 aliphatic rings. The molecule has 1 N–H and O–H groups in total. The van der Waals surface area contributed by atoms with Crippen molar-refractivity contribution < 1.29 is 22.4 Å². The topological polar surface area (TPSA) is 102 Å². The van der Waals surface area contributed by atoms with E-state index in [1.54, 1.807) is 31.2 Å². The quantitative estimate of drug-likeness (QED) is 0.382. The zero-order chi connectivity index (χ0) is 22.3. The Hall–Kier alpha value is -3.91. The maximum atomic E-state index is 13.7. The first-order chi connectivity index (χ1) is 15.5. The molecule has 3 aromatic heterocycles. The number of furan rings is 1. The van der Waals surface area contributed by atoms with Gasteiger partial charge in [-0.15, -0.1) is 0 Å². The zero-order valence-electron chi connectivity index (χ0n) is 17.0. The minimum atomic E-state index is -4.09. The average molecular weight is 446 g/mol. The van der Waals surface area contributed by atoms with Crippen molar-refractivity contribution in [1.82, 2.24) is 9.97 Å². The van der Waals surface area contributed by atoms with Crippen LogP contribution in [-0.2, 0) is 14.6 Å². The lowest BCUT2D eigenvalue weighted by Crippen LogP contribution is -2.12. The van der Waals surface area contributed by atoms with Crippen LogP contribution in [0.3, 0.4) is 0 Å². The summed E-state index contributed by atoms with van der Waals surface area (Å²) in [5.41, 5.74) is 1.26. The summed E-state index contributed by atoms with van der Waals surface area (Å²) in [5, 5.41) is 1.15. The van der Waals surface area contributed by atoms with Gasteiger partial charge in [-0.25, -0.2) is 18.2 Å². The smallest absolute Gasteiger partial charge is 0.356 e. The van der Waals surface area contributed by atoms with Crippen molar-refractivity contribution in [3.05, 3.63) is 78.6 Å². The number of aromatic nitrogens is 2. The summed E-state index contributed by atoms with van der Waals surface area (Å²) in [6.45, 7) is 1.76. The number of carbonyl (C=O) groups is 1. The molecule has 5 rings (SSSR count). The molecule has 3 heterocycles. The number of benzene rings is 2. The van der Waals surface area contributed by atoms with Crippen molar-refractivity contribution in [3.63, 3.8) is 0 Å². The third kappa shape index (κ3) is 3.16. The summed E-state index contributed by atoms with van der Waals surface area (Å²) in [4.78, 5) is 19.8. The van der Waals surface area contributed by atoms with Gasteiger partial charge in [0.05, 0.1) is 11.5 Å². The van der Waals surface area contributed by atoms with E-state index >= 15 is 0 Å². The lowest BCUT2D eigenvalue weighted by Gasteiger charge is -2.08. The monoisotopic (exact) mass is 446 g/mol. The van der Waals surface area contributed by atoms with Crippen LogP contribution in [0.5, 0.6) is 0 Å². The third-order valence-corrected chi connectivity index (χ3v) is 6.98. The van der Waals surface area contributed by atoms with Crippen molar-refractivity contribution in [3.8, 4) is 11.3 Å². The molecule has 0 amide bonds. The number of nitrogens with zero attached hydrogens (tertiary/aromatic N) is 1. The fourth-order valence-electron chi connectivity index (χ4n) is 3.74. The highest BCUT2D eigenvalue weighted by Crippen LogP contribution is 2.39. The first-order valence-electron chi connectivity index (χ1n) is 9.97. The Morgan fingerprint density at radius 3 is 2.56 bits per heavy atom. The Kier molecular flexibility index (Phi) is 4.79. The number of para-hydroxylation sites is 1. The van der Waals surface area contributed by atoms with E-state index in [1.807, 2.05) is 30.3 Å². The van der Waals surface area contributed by atoms with Crippen molar-refractivity contribution in [1.29, 1.82) is 0 Å². The number of H-pyrrole nitrogens is 1. The van der Waals surface area contributed by atoms with Crippen LogP contribution in [0.4, 0.5) is 0 Å². The van der Waals surface area contributed by atoms with Gasteiger partial charge in [0.1, 0.15) is 27.6 Å². The molecule has 2 aromatic carbocycles. The summed E-state index contributed by atoms with van der Waals surface area (Å²) in [5.74, 6) is -0.298. The lowest BCUT2D eigenvalue weighted by atomic mass is 10.1. The molecule has 0 aliphatic carbocycles. The van der Waals surface area contributed by atoms with E-state index in [1.165, 1.54) is 18.3 Å². The van der Waals surface area contributed by atoms with Gasteiger partial charge in [-0.1, -0.05) is 36.4 Å². The minimum absolute atomic E-state index is 0.0610. The molecule has 0 radical (unpaired) electrons. The molecule has 5 aromatic rings. The zero-order valence-corrected chi connectivity index (χ0v) is 17.8. The number of fused-ring (bicyclic) bond motifs is 2. The highest BCUT2D eigenvalue weighted by Gasteiger charge is 2.32. The van der Waals surface area contributed by atoms with Gasteiger partial charge in [0.2, 0.25) is 9.84 Å². The number of ether oxygens (including phenoxy) is 1. The molecule has 0 saturated carbocycles. The molecule has 32 heavy (non-hydrogen) atoms. The fraction of sp³-hybridized carbons (Fsp3) is 0.0833. The second-order valence-electron chi connectivity index (χ2n) is 7.10. The number of carbonyl (C=O) groups excluding carboxylic acids is 1. The first kappa shape index (κ1) is 20.0. The van der Waals surface area contributed by atoms with Gasteiger partial charge in [0.25, 0.3) is 0 Å². The lowest BCUT2D eigenvalue weighted by molar-refractivity contribution is 0.0516. The van der Waals surface area contributed by atoms with Crippen LogP contribution in [0, 0.1) is 0 Å². The molecular formula is C24H18N2O5S. The van der Waals surface area contributed by atoms with Gasteiger partial charge < -0.3 is 14.1 Å². The van der Waals surface area contributed by atoms with Gasteiger partial charge in [-0.05, 0) is 37.3 Å². The molecule has 0 unspecified atom stereocenters. The van der Waals surface area contributed by atoms with Crippen LogP contribution in [0.25, 0.3) is 33.3 Å². The van der Waals surface area contributed by atoms with E-state index in [0.29, 0.717) is 16.9 Å². The number of nitrogens with one attached hydrogen (secondary N) is 1. The van der Waals surface area contributed by atoms with Crippen LogP contribution in [-0.4, -0.2) is 31.0 Å². The van der Waals surface area contributed by atoms with Crippen molar-refractivity contribution in [2.75, 3.05) is 6.61 Å². The van der Waals surface area contributed by atoms with E-state index in [9.17, 15) is 13.2 Å². The predicted octanol–water partition coefficient (Wildman–Crippen LogP) is 4.99. The number of pyridine rings is 1. The second kappa shape index (κ2) is 7.65. The SMILES string of the molecule is CCOC(=O)c1[nH]c2nccc(-c3cc4ccccc4o3)c2c1S(=O)(=O)c1ccccc1. The maximum absolute atomic E-state index is 13.7. The standard InChI is InChI=1S/C24H18N2O5S/c1-2-30-24(27)21-22(32(28,29)16-9-4-3-5-10-16)20-17(12-13-25-23(20)26-21)19-14-15-8-6-7-11-18(15)31-19/h3-14H,2H2,1H3,(H,25,26). The molecule has 0 spiro atoms. The van der Waals surface area contributed by atoms with Crippen LogP contribution in [0.2, 0.25) is 0 Å².